The molecule has 2 rings (SSSR count). The summed E-state index contributed by atoms with van der Waals surface area (Å²) in [5.74, 6) is 0.615. The number of anilines is 2. The predicted octanol–water partition coefficient (Wildman–Crippen LogP) is 0.314. The van der Waals surface area contributed by atoms with Crippen molar-refractivity contribution in [2.45, 2.75) is 19.9 Å². The van der Waals surface area contributed by atoms with Crippen LogP contribution in [0.5, 0.6) is 0 Å². The third-order valence-corrected chi connectivity index (χ3v) is 3.24. The SMILES string of the molecule is CCNC(=O)C1COCCN1c1nccc(C)c1N. The van der Waals surface area contributed by atoms with Gasteiger partial charge in [0.25, 0.3) is 0 Å². The Balaban J connectivity index is 2.29. The van der Waals surface area contributed by atoms with Crippen molar-refractivity contribution in [1.82, 2.24) is 10.3 Å². The first kappa shape index (κ1) is 13.6. The van der Waals surface area contributed by atoms with Crippen molar-refractivity contribution in [3.8, 4) is 0 Å². The second kappa shape index (κ2) is 5.88. The van der Waals surface area contributed by atoms with Crippen molar-refractivity contribution in [1.29, 1.82) is 0 Å². The van der Waals surface area contributed by atoms with Crippen LogP contribution in [0, 0.1) is 6.92 Å². The highest BCUT2D eigenvalue weighted by atomic mass is 16.5. The van der Waals surface area contributed by atoms with E-state index >= 15 is 0 Å². The summed E-state index contributed by atoms with van der Waals surface area (Å²) in [5, 5.41) is 2.82. The average molecular weight is 264 g/mol. The maximum Gasteiger partial charge on any atom is 0.245 e. The number of nitrogens with two attached hydrogens (primary N) is 1. The fraction of sp³-hybridized carbons (Fsp3) is 0.538. The number of aromatic nitrogens is 1. The summed E-state index contributed by atoms with van der Waals surface area (Å²) in [6, 6.07) is 1.49. The molecule has 2 heterocycles. The highest BCUT2D eigenvalue weighted by Gasteiger charge is 2.31. The van der Waals surface area contributed by atoms with E-state index in [1.54, 1.807) is 6.20 Å². The van der Waals surface area contributed by atoms with Gasteiger partial charge in [-0.25, -0.2) is 4.98 Å². The van der Waals surface area contributed by atoms with Gasteiger partial charge >= 0.3 is 0 Å². The lowest BCUT2D eigenvalue weighted by Crippen LogP contribution is -2.54. The zero-order chi connectivity index (χ0) is 13.8. The molecule has 1 aromatic rings. The van der Waals surface area contributed by atoms with Gasteiger partial charge < -0.3 is 20.7 Å². The van der Waals surface area contributed by atoms with E-state index in [9.17, 15) is 4.79 Å². The molecule has 0 bridgehead atoms. The molecule has 1 atom stereocenters. The number of ether oxygens (including phenoxy) is 1. The normalized spacial score (nSPS) is 19.3. The molecule has 1 aliphatic rings. The number of aryl methyl sites for hydroxylation is 1. The molecule has 1 unspecified atom stereocenters. The number of likely N-dealkylation sites (N-methyl/N-ethyl adjacent to an activating group) is 1. The molecule has 1 fully saturated rings. The van der Waals surface area contributed by atoms with Crippen molar-refractivity contribution in [2.24, 2.45) is 0 Å². The number of nitrogen functional groups attached to an aromatic ring is 1. The Kier molecular flexibility index (Phi) is 4.21. The number of carbonyl (C=O) groups excluding carboxylic acids is 1. The van der Waals surface area contributed by atoms with Crippen LogP contribution in [0.1, 0.15) is 12.5 Å². The highest BCUT2D eigenvalue weighted by Crippen LogP contribution is 2.26. The van der Waals surface area contributed by atoms with Crippen molar-refractivity contribution >= 4 is 17.4 Å². The van der Waals surface area contributed by atoms with E-state index in [1.165, 1.54) is 0 Å². The number of hydrogen-bond donors (Lipinski definition) is 2. The Morgan fingerprint density at radius 3 is 3.21 bits per heavy atom. The highest BCUT2D eigenvalue weighted by molar-refractivity contribution is 5.86. The lowest BCUT2D eigenvalue weighted by atomic mass is 10.1. The number of morpholine rings is 1. The number of hydrogen-bond acceptors (Lipinski definition) is 5. The molecule has 0 saturated carbocycles. The topological polar surface area (TPSA) is 80.5 Å². The smallest absolute Gasteiger partial charge is 0.245 e. The van der Waals surface area contributed by atoms with Crippen molar-refractivity contribution < 1.29 is 9.53 Å². The second-order valence-corrected chi connectivity index (χ2v) is 4.54. The van der Waals surface area contributed by atoms with Crippen molar-refractivity contribution in [3.63, 3.8) is 0 Å². The van der Waals surface area contributed by atoms with Crippen LogP contribution in [0.25, 0.3) is 0 Å². The lowest BCUT2D eigenvalue weighted by Gasteiger charge is -2.36. The zero-order valence-corrected chi connectivity index (χ0v) is 11.3. The van der Waals surface area contributed by atoms with Crippen LogP contribution in [0.15, 0.2) is 12.3 Å². The summed E-state index contributed by atoms with van der Waals surface area (Å²) in [6.07, 6.45) is 1.71. The molecule has 0 aliphatic carbocycles. The van der Waals surface area contributed by atoms with Crippen LogP contribution in [-0.2, 0) is 9.53 Å². The molecule has 1 saturated heterocycles. The van der Waals surface area contributed by atoms with Crippen molar-refractivity contribution in [3.05, 3.63) is 17.8 Å². The van der Waals surface area contributed by atoms with Crippen LogP contribution < -0.4 is 16.0 Å². The van der Waals surface area contributed by atoms with Gasteiger partial charge in [-0.05, 0) is 25.5 Å². The molecule has 1 aliphatic heterocycles. The number of rotatable bonds is 3. The molecule has 1 amide bonds. The first-order valence-electron chi connectivity index (χ1n) is 6.48. The van der Waals surface area contributed by atoms with Crippen LogP contribution in [0.4, 0.5) is 11.5 Å². The van der Waals surface area contributed by atoms with Gasteiger partial charge in [0.15, 0.2) is 5.82 Å². The quantitative estimate of drug-likeness (QED) is 0.821. The summed E-state index contributed by atoms with van der Waals surface area (Å²) in [4.78, 5) is 18.3. The molecule has 6 heteroatoms. The molecule has 1 aromatic heterocycles. The van der Waals surface area contributed by atoms with Crippen LogP contribution in [0.3, 0.4) is 0 Å². The van der Waals surface area contributed by atoms with Crippen LogP contribution in [-0.4, -0.2) is 43.2 Å². The average Bonchev–Trinajstić information content (AvgIpc) is 2.42. The Labute approximate surface area is 112 Å². The molecule has 0 radical (unpaired) electrons. The minimum Gasteiger partial charge on any atom is -0.396 e. The monoisotopic (exact) mass is 264 g/mol. The minimum atomic E-state index is -0.370. The first-order chi connectivity index (χ1) is 9.15. The van der Waals surface area contributed by atoms with Gasteiger partial charge in [-0.15, -0.1) is 0 Å². The van der Waals surface area contributed by atoms with Crippen LogP contribution >= 0.6 is 0 Å². The lowest BCUT2D eigenvalue weighted by molar-refractivity contribution is -0.124. The number of amides is 1. The Hall–Kier alpha value is -1.82. The first-order valence-corrected chi connectivity index (χ1v) is 6.48. The van der Waals surface area contributed by atoms with Gasteiger partial charge in [-0.1, -0.05) is 0 Å². The molecule has 0 aromatic carbocycles. The maximum atomic E-state index is 12.1. The Morgan fingerprint density at radius 1 is 1.68 bits per heavy atom. The fourth-order valence-electron chi connectivity index (χ4n) is 2.15. The van der Waals surface area contributed by atoms with Crippen molar-refractivity contribution in [2.75, 3.05) is 36.9 Å². The van der Waals surface area contributed by atoms with E-state index in [-0.39, 0.29) is 11.9 Å². The van der Waals surface area contributed by atoms with E-state index in [4.69, 9.17) is 10.5 Å². The fourth-order valence-corrected chi connectivity index (χ4v) is 2.15. The van der Waals surface area contributed by atoms with Gasteiger partial charge in [-0.3, -0.25) is 4.79 Å². The third kappa shape index (κ3) is 2.78. The molecule has 3 N–H and O–H groups in total. The molecule has 0 spiro atoms. The Morgan fingerprint density at radius 2 is 2.47 bits per heavy atom. The maximum absolute atomic E-state index is 12.1. The van der Waals surface area contributed by atoms with Gasteiger partial charge in [0, 0.05) is 19.3 Å². The summed E-state index contributed by atoms with van der Waals surface area (Å²) in [6.45, 7) is 5.97. The summed E-state index contributed by atoms with van der Waals surface area (Å²) in [5.41, 5.74) is 7.66. The van der Waals surface area contributed by atoms with Gasteiger partial charge in [0.2, 0.25) is 5.91 Å². The largest absolute Gasteiger partial charge is 0.396 e. The van der Waals surface area contributed by atoms with E-state index < -0.39 is 0 Å². The predicted molar refractivity (Wildman–Crippen MR) is 74.0 cm³/mol. The summed E-state index contributed by atoms with van der Waals surface area (Å²) >= 11 is 0. The molecule has 104 valence electrons. The van der Waals surface area contributed by atoms with Gasteiger partial charge in [-0.2, -0.15) is 0 Å². The zero-order valence-electron chi connectivity index (χ0n) is 11.3. The molecule has 6 nitrogen and oxygen atoms in total. The summed E-state index contributed by atoms with van der Waals surface area (Å²) < 4.78 is 5.40. The second-order valence-electron chi connectivity index (χ2n) is 4.54. The molecular weight excluding hydrogens is 244 g/mol. The van der Waals surface area contributed by atoms with Gasteiger partial charge in [0.05, 0.1) is 18.9 Å². The standard InChI is InChI=1S/C13H20N4O2/c1-3-15-13(18)10-8-19-7-6-17(10)12-11(14)9(2)4-5-16-12/h4-5,10H,3,6-8,14H2,1-2H3,(H,15,18). The van der Waals surface area contributed by atoms with E-state index in [0.717, 1.165) is 5.56 Å². The third-order valence-electron chi connectivity index (χ3n) is 3.24. The Bertz CT molecular complexity index is 464. The number of pyridine rings is 1. The molecule has 19 heavy (non-hydrogen) atoms. The van der Waals surface area contributed by atoms with Gasteiger partial charge in [0.1, 0.15) is 6.04 Å². The van der Waals surface area contributed by atoms with E-state index in [0.29, 0.717) is 37.8 Å². The number of nitrogens with one attached hydrogen (secondary N) is 1. The number of carbonyl (C=O) groups is 1. The van der Waals surface area contributed by atoms with Crippen LogP contribution in [0.2, 0.25) is 0 Å². The number of nitrogens with zero attached hydrogens (tertiary/aromatic N) is 2. The molecular formula is C13H20N4O2. The van der Waals surface area contributed by atoms with E-state index in [1.807, 2.05) is 24.8 Å². The summed E-state index contributed by atoms with van der Waals surface area (Å²) in [7, 11) is 0. The van der Waals surface area contributed by atoms with E-state index in [2.05, 4.69) is 10.3 Å². The minimum absolute atomic E-state index is 0.0510.